The standard InChI is InChI=1S/C29H31F6N7O3/c1-29(6-7-44-13-29)42-25-22(38-27(42)39-23-18(32)8-14(30)9-19(23)33)12-36-26(41-25)37-16-2-4-17(5-3-16)45-28(43)40-24-20(34)10-15(31)11-21(24)35/h8,10-12,16-19,23H,2-7,9,13H2,1H3,(H,38,39)(H,40,43)(H,36,37,41)/t16?,17?,18?,19?,23?,29-/m0/s1. The van der Waals surface area contributed by atoms with Crippen molar-refractivity contribution in [3.63, 3.8) is 0 Å². The summed E-state index contributed by atoms with van der Waals surface area (Å²) in [7, 11) is 0. The predicted molar refractivity (Wildman–Crippen MR) is 152 cm³/mol. The average molecular weight is 640 g/mol. The number of allylic oxidation sites excluding steroid dienone is 1. The van der Waals surface area contributed by atoms with Crippen LogP contribution in [0.25, 0.3) is 11.2 Å². The molecule has 45 heavy (non-hydrogen) atoms. The zero-order valence-electron chi connectivity index (χ0n) is 24.1. The van der Waals surface area contributed by atoms with E-state index in [0.29, 0.717) is 68.6 Å². The third-order valence-electron chi connectivity index (χ3n) is 8.41. The van der Waals surface area contributed by atoms with E-state index in [-0.39, 0.29) is 17.9 Å². The van der Waals surface area contributed by atoms with E-state index < -0.39 is 71.5 Å². The van der Waals surface area contributed by atoms with Crippen LogP contribution in [0.3, 0.4) is 0 Å². The molecule has 4 atom stereocenters. The molecule has 16 heteroatoms. The first-order chi connectivity index (χ1) is 21.5. The largest absolute Gasteiger partial charge is 0.446 e. The lowest BCUT2D eigenvalue weighted by atomic mass is 9.93. The maximum Gasteiger partial charge on any atom is 0.412 e. The lowest BCUT2D eigenvalue weighted by Crippen LogP contribution is -2.43. The molecular weight excluding hydrogens is 608 g/mol. The second-order valence-corrected chi connectivity index (χ2v) is 11.8. The number of hydrogen-bond donors (Lipinski definition) is 3. The SMILES string of the molecule is C[C@]1(n2c(NC3C(F)C=C(F)CC3F)nc3cnc(NC4CCC(OC(=O)Nc5c(F)cc(F)cc5F)CC4)nc32)CCOC1. The third-order valence-corrected chi connectivity index (χ3v) is 8.41. The number of amides is 1. The number of aromatic nitrogens is 4. The van der Waals surface area contributed by atoms with Crippen molar-refractivity contribution in [2.75, 3.05) is 29.2 Å². The smallest absolute Gasteiger partial charge is 0.412 e. The van der Waals surface area contributed by atoms with Gasteiger partial charge in [-0.25, -0.2) is 41.1 Å². The molecule has 10 nitrogen and oxygen atoms in total. The molecule has 3 aliphatic rings. The van der Waals surface area contributed by atoms with Crippen LogP contribution in [0.5, 0.6) is 0 Å². The Morgan fingerprint density at radius 1 is 1.07 bits per heavy atom. The van der Waals surface area contributed by atoms with Crippen molar-refractivity contribution >= 4 is 34.8 Å². The van der Waals surface area contributed by atoms with Crippen molar-refractivity contribution in [2.45, 2.75) is 81.5 Å². The van der Waals surface area contributed by atoms with E-state index in [0.717, 1.165) is 6.08 Å². The van der Waals surface area contributed by atoms with Crippen LogP contribution in [0.4, 0.5) is 48.7 Å². The third kappa shape index (κ3) is 6.51. The number of carbonyl (C=O) groups excluding carboxylic acids is 1. The average Bonchev–Trinajstić information content (AvgIpc) is 3.57. The molecule has 2 aromatic heterocycles. The molecule has 3 unspecified atom stereocenters. The van der Waals surface area contributed by atoms with Crippen molar-refractivity contribution in [1.29, 1.82) is 0 Å². The molecule has 1 saturated carbocycles. The van der Waals surface area contributed by atoms with Crippen LogP contribution in [0.1, 0.15) is 45.4 Å². The molecule has 0 bridgehead atoms. The summed E-state index contributed by atoms with van der Waals surface area (Å²) in [6.45, 7) is 2.71. The number of ether oxygens (including phenoxy) is 2. The van der Waals surface area contributed by atoms with Gasteiger partial charge in [0.2, 0.25) is 11.9 Å². The van der Waals surface area contributed by atoms with Crippen LogP contribution >= 0.6 is 0 Å². The number of nitrogens with zero attached hydrogens (tertiary/aromatic N) is 4. The van der Waals surface area contributed by atoms with Crippen molar-refractivity contribution in [1.82, 2.24) is 19.5 Å². The Morgan fingerprint density at radius 3 is 2.47 bits per heavy atom. The molecule has 6 rings (SSSR count). The summed E-state index contributed by atoms with van der Waals surface area (Å²) in [4.78, 5) is 25.8. The molecule has 1 amide bonds. The Balaban J connectivity index is 1.13. The number of anilines is 3. The van der Waals surface area contributed by atoms with Gasteiger partial charge in [-0.05, 0) is 45.1 Å². The molecule has 3 N–H and O–H groups in total. The van der Waals surface area contributed by atoms with Gasteiger partial charge in [0, 0.05) is 31.2 Å². The molecule has 2 fully saturated rings. The van der Waals surface area contributed by atoms with Crippen LogP contribution in [0.15, 0.2) is 30.2 Å². The summed E-state index contributed by atoms with van der Waals surface area (Å²) < 4.78 is 96.5. The molecular formula is C29H31F6N7O3. The number of carbonyl (C=O) groups is 1. The Labute approximate surface area is 253 Å². The molecule has 1 aliphatic heterocycles. The molecule has 3 heterocycles. The van der Waals surface area contributed by atoms with Gasteiger partial charge < -0.3 is 20.1 Å². The topological polar surface area (TPSA) is 115 Å². The Morgan fingerprint density at radius 2 is 1.80 bits per heavy atom. The van der Waals surface area contributed by atoms with E-state index in [1.165, 1.54) is 6.20 Å². The summed E-state index contributed by atoms with van der Waals surface area (Å²) in [6, 6.07) is -0.530. The molecule has 0 spiro atoms. The maximum atomic E-state index is 14.7. The first-order valence-corrected chi connectivity index (χ1v) is 14.6. The molecule has 0 radical (unpaired) electrons. The number of benzene rings is 1. The van der Waals surface area contributed by atoms with Gasteiger partial charge in [-0.15, -0.1) is 0 Å². The monoisotopic (exact) mass is 639 g/mol. The molecule has 3 aromatic rings. The second-order valence-electron chi connectivity index (χ2n) is 11.8. The van der Waals surface area contributed by atoms with E-state index in [1.807, 2.05) is 12.2 Å². The van der Waals surface area contributed by atoms with Crippen LogP contribution in [0.2, 0.25) is 0 Å². The number of alkyl halides is 2. The van der Waals surface area contributed by atoms with Gasteiger partial charge in [-0.2, -0.15) is 4.98 Å². The van der Waals surface area contributed by atoms with Gasteiger partial charge in [0.05, 0.1) is 24.4 Å². The van der Waals surface area contributed by atoms with Crippen molar-refractivity contribution in [3.05, 3.63) is 47.7 Å². The zero-order chi connectivity index (χ0) is 31.9. The Bertz CT molecular complexity index is 1580. The highest BCUT2D eigenvalue weighted by Gasteiger charge is 2.40. The van der Waals surface area contributed by atoms with Gasteiger partial charge in [0.1, 0.15) is 41.3 Å². The minimum atomic E-state index is -1.90. The Hall–Kier alpha value is -4.08. The lowest BCUT2D eigenvalue weighted by molar-refractivity contribution is 0.0839. The number of nitrogens with one attached hydrogen (secondary N) is 3. The molecule has 2 aliphatic carbocycles. The molecule has 1 aromatic carbocycles. The first kappa shape index (κ1) is 30.9. The number of halogens is 6. The summed E-state index contributed by atoms with van der Waals surface area (Å²) >= 11 is 0. The van der Waals surface area contributed by atoms with Crippen molar-refractivity contribution in [2.24, 2.45) is 0 Å². The highest BCUT2D eigenvalue weighted by Crippen LogP contribution is 2.36. The fourth-order valence-electron chi connectivity index (χ4n) is 6.01. The summed E-state index contributed by atoms with van der Waals surface area (Å²) in [5, 5.41) is 8.11. The molecule has 242 valence electrons. The summed E-state index contributed by atoms with van der Waals surface area (Å²) in [5.41, 5.74) is -0.624. The maximum absolute atomic E-state index is 14.7. The van der Waals surface area contributed by atoms with E-state index in [9.17, 15) is 31.1 Å². The number of fused-ring (bicyclic) bond motifs is 1. The number of imidazole rings is 1. The van der Waals surface area contributed by atoms with Crippen LogP contribution in [-0.2, 0) is 15.0 Å². The minimum Gasteiger partial charge on any atom is -0.446 e. The zero-order valence-corrected chi connectivity index (χ0v) is 24.1. The van der Waals surface area contributed by atoms with E-state index in [4.69, 9.17) is 14.5 Å². The molecule has 1 saturated heterocycles. The van der Waals surface area contributed by atoms with E-state index in [1.54, 1.807) is 4.57 Å². The quantitative estimate of drug-likeness (QED) is 0.267. The fraction of sp³-hybridized carbons (Fsp3) is 0.517. The van der Waals surface area contributed by atoms with Gasteiger partial charge in [-0.3, -0.25) is 9.88 Å². The van der Waals surface area contributed by atoms with Gasteiger partial charge in [-0.1, -0.05) is 0 Å². The normalized spacial score (nSPS) is 28.5. The minimum absolute atomic E-state index is 0.0970. The van der Waals surface area contributed by atoms with Gasteiger partial charge in [0.15, 0.2) is 17.3 Å². The van der Waals surface area contributed by atoms with Crippen LogP contribution in [0, 0.1) is 17.5 Å². The van der Waals surface area contributed by atoms with Crippen molar-refractivity contribution < 1.29 is 40.6 Å². The number of hydrogen-bond acceptors (Lipinski definition) is 8. The van der Waals surface area contributed by atoms with Crippen molar-refractivity contribution in [3.8, 4) is 0 Å². The number of rotatable bonds is 7. The highest BCUT2D eigenvalue weighted by molar-refractivity contribution is 5.85. The van der Waals surface area contributed by atoms with E-state index in [2.05, 4.69) is 20.6 Å². The predicted octanol–water partition coefficient (Wildman–Crippen LogP) is 6.06. The second kappa shape index (κ2) is 12.4. The van der Waals surface area contributed by atoms with Crippen LogP contribution < -0.4 is 16.0 Å². The lowest BCUT2D eigenvalue weighted by Gasteiger charge is -2.31. The van der Waals surface area contributed by atoms with Gasteiger partial charge in [0.25, 0.3) is 0 Å². The van der Waals surface area contributed by atoms with Crippen LogP contribution in [-0.4, -0.2) is 69.4 Å². The fourth-order valence-corrected chi connectivity index (χ4v) is 6.01. The Kier molecular flexibility index (Phi) is 8.50. The first-order valence-electron chi connectivity index (χ1n) is 14.6. The van der Waals surface area contributed by atoms with E-state index >= 15 is 0 Å². The highest BCUT2D eigenvalue weighted by atomic mass is 19.2. The summed E-state index contributed by atoms with van der Waals surface area (Å²) in [5.74, 6) is -4.00. The van der Waals surface area contributed by atoms with Gasteiger partial charge >= 0.3 is 6.09 Å². The summed E-state index contributed by atoms with van der Waals surface area (Å²) in [6.07, 6.45) is -0.961.